The van der Waals surface area contributed by atoms with Gasteiger partial charge in [0.25, 0.3) is 0 Å². The van der Waals surface area contributed by atoms with Gasteiger partial charge >= 0.3 is 6.09 Å². The summed E-state index contributed by atoms with van der Waals surface area (Å²) in [6.45, 7) is 16.4. The Morgan fingerprint density at radius 1 is 0.961 bits per heavy atom. The van der Waals surface area contributed by atoms with E-state index in [0.717, 1.165) is 21.2 Å². The largest absolute Gasteiger partial charge is 0.497 e. The van der Waals surface area contributed by atoms with E-state index in [0.29, 0.717) is 24.3 Å². The summed E-state index contributed by atoms with van der Waals surface area (Å²) in [6.07, 6.45) is -0.948. The second-order valence-corrected chi connectivity index (χ2v) is 21.6. The van der Waals surface area contributed by atoms with Gasteiger partial charge in [0.15, 0.2) is 8.32 Å². The number of para-hydroxylation sites is 1. The molecule has 0 aromatic heterocycles. The van der Waals surface area contributed by atoms with Crippen LogP contribution in [-0.4, -0.2) is 63.0 Å². The Labute approximate surface area is 313 Å². The second-order valence-electron chi connectivity index (χ2n) is 15.9. The van der Waals surface area contributed by atoms with E-state index in [1.54, 1.807) is 7.11 Å². The molecule has 5 atom stereocenters. The molecule has 0 unspecified atom stereocenters. The molecule has 278 valence electrons. The standard InChI is InChI=1S/C40H55BrN2O7Si/c1-39(2,3)49-38(46)42-32(23-26-17-19-29(41)20-18-26)35(50-51(8,9)40(4,5)6)24-28(21-27-13-12-14-30(22-27)47-7)37(45)43-36-31-15-10-11-16-34(31)48-25-33(36)44/h10-20,22,28,32-33,35-36,44H,21,23-25H2,1-9H3,(H,42,46)(H,43,45)/t28-,32+,33-,35+,36+/m1/s1. The smallest absolute Gasteiger partial charge is 0.407 e. The molecular weight excluding hydrogens is 728 g/mol. The van der Waals surface area contributed by atoms with Crippen LogP contribution in [0.2, 0.25) is 18.1 Å². The number of hydrogen-bond donors (Lipinski definition) is 3. The predicted molar refractivity (Wildman–Crippen MR) is 207 cm³/mol. The van der Waals surface area contributed by atoms with E-state index in [2.05, 4.69) is 60.4 Å². The SMILES string of the molecule is COc1cccc(C[C@H](C[C@H](O[Si](C)(C)C(C)(C)C)[C@H](Cc2ccc(Br)cc2)NC(=O)OC(C)(C)C)C(=O)N[C@H]2c3ccccc3OC[C@H]2O)c1. The van der Waals surface area contributed by atoms with Crippen molar-refractivity contribution in [3.05, 3.63) is 94.0 Å². The first-order valence-electron chi connectivity index (χ1n) is 17.6. The van der Waals surface area contributed by atoms with Gasteiger partial charge in [-0.1, -0.05) is 79.2 Å². The first-order valence-corrected chi connectivity index (χ1v) is 21.3. The van der Waals surface area contributed by atoms with Crippen molar-refractivity contribution >= 4 is 36.2 Å². The molecule has 0 bridgehead atoms. The van der Waals surface area contributed by atoms with Crippen molar-refractivity contribution in [2.45, 2.75) is 109 Å². The Balaban J connectivity index is 1.78. The van der Waals surface area contributed by atoms with Crippen molar-refractivity contribution in [3.8, 4) is 11.5 Å². The Morgan fingerprint density at radius 2 is 1.65 bits per heavy atom. The normalized spacial score (nSPS) is 18.0. The average molecular weight is 784 g/mol. The number of nitrogens with one attached hydrogen (secondary N) is 2. The van der Waals surface area contributed by atoms with Gasteiger partial charge in [-0.05, 0) is 99.6 Å². The van der Waals surface area contributed by atoms with Crippen LogP contribution >= 0.6 is 15.9 Å². The highest BCUT2D eigenvalue weighted by Gasteiger charge is 2.43. The lowest BCUT2D eigenvalue weighted by molar-refractivity contribution is -0.128. The van der Waals surface area contributed by atoms with E-state index < -0.39 is 50.2 Å². The van der Waals surface area contributed by atoms with E-state index in [9.17, 15) is 14.7 Å². The summed E-state index contributed by atoms with van der Waals surface area (Å²) in [6, 6.07) is 21.9. The van der Waals surface area contributed by atoms with Crippen molar-refractivity contribution < 1.29 is 33.3 Å². The van der Waals surface area contributed by atoms with Gasteiger partial charge in [0.05, 0.1) is 25.3 Å². The Kier molecular flexibility index (Phi) is 13.4. The van der Waals surface area contributed by atoms with Crippen LogP contribution in [0.3, 0.4) is 0 Å². The summed E-state index contributed by atoms with van der Waals surface area (Å²) in [4.78, 5) is 28.1. The predicted octanol–water partition coefficient (Wildman–Crippen LogP) is 8.14. The summed E-state index contributed by atoms with van der Waals surface area (Å²) in [5.74, 6) is 0.478. The van der Waals surface area contributed by atoms with Gasteiger partial charge in [-0.25, -0.2) is 4.79 Å². The maximum atomic E-state index is 14.6. The zero-order chi connectivity index (χ0) is 37.6. The van der Waals surface area contributed by atoms with E-state index in [1.807, 2.05) is 93.6 Å². The monoisotopic (exact) mass is 782 g/mol. The number of aliphatic hydroxyl groups excluding tert-OH is 1. The zero-order valence-electron chi connectivity index (χ0n) is 31.4. The molecule has 0 spiro atoms. The van der Waals surface area contributed by atoms with Crippen LogP contribution in [0.25, 0.3) is 0 Å². The van der Waals surface area contributed by atoms with Crippen molar-refractivity contribution in [1.82, 2.24) is 10.6 Å². The van der Waals surface area contributed by atoms with Crippen LogP contribution in [0, 0.1) is 5.92 Å². The zero-order valence-corrected chi connectivity index (χ0v) is 34.0. The van der Waals surface area contributed by atoms with E-state index in [4.69, 9.17) is 18.6 Å². The fourth-order valence-electron chi connectivity index (χ4n) is 5.90. The summed E-state index contributed by atoms with van der Waals surface area (Å²) in [7, 11) is -0.855. The number of aliphatic hydroxyl groups is 1. The van der Waals surface area contributed by atoms with Crippen LogP contribution in [0.1, 0.15) is 70.7 Å². The molecule has 3 N–H and O–H groups in total. The minimum atomic E-state index is -2.47. The maximum absolute atomic E-state index is 14.6. The highest BCUT2D eigenvalue weighted by molar-refractivity contribution is 9.10. The highest BCUT2D eigenvalue weighted by Crippen LogP contribution is 2.39. The van der Waals surface area contributed by atoms with E-state index >= 15 is 0 Å². The summed E-state index contributed by atoms with van der Waals surface area (Å²) >= 11 is 3.53. The van der Waals surface area contributed by atoms with E-state index in [1.165, 1.54) is 0 Å². The number of carbonyl (C=O) groups excluding carboxylic acids is 2. The van der Waals surface area contributed by atoms with Crippen LogP contribution in [0.5, 0.6) is 11.5 Å². The number of halogens is 1. The van der Waals surface area contributed by atoms with Crippen LogP contribution in [0.4, 0.5) is 4.79 Å². The van der Waals surface area contributed by atoms with Gasteiger partial charge in [-0.15, -0.1) is 0 Å². The second kappa shape index (κ2) is 17.0. The number of amides is 2. The first-order chi connectivity index (χ1) is 23.8. The third kappa shape index (κ3) is 11.6. The average Bonchev–Trinajstić information content (AvgIpc) is 3.04. The highest BCUT2D eigenvalue weighted by atomic mass is 79.9. The molecule has 0 fully saturated rings. The molecule has 0 saturated heterocycles. The first kappa shape index (κ1) is 40.4. The lowest BCUT2D eigenvalue weighted by Gasteiger charge is -2.42. The van der Waals surface area contributed by atoms with Gasteiger partial charge in [-0.3, -0.25) is 4.79 Å². The lowest BCUT2D eigenvalue weighted by Crippen LogP contribution is -2.54. The number of benzene rings is 3. The third-order valence-electron chi connectivity index (χ3n) is 9.62. The fraction of sp³-hybridized carbons (Fsp3) is 0.500. The number of carbonyl (C=O) groups is 2. The minimum Gasteiger partial charge on any atom is -0.497 e. The van der Waals surface area contributed by atoms with Gasteiger partial charge in [0.1, 0.15) is 29.8 Å². The number of alkyl carbamates (subject to hydrolysis) is 1. The molecule has 2 amide bonds. The molecule has 0 radical (unpaired) electrons. The molecular formula is C40H55BrN2O7Si. The summed E-state index contributed by atoms with van der Waals surface area (Å²) < 4.78 is 25.2. The molecule has 51 heavy (non-hydrogen) atoms. The molecule has 1 heterocycles. The number of fused-ring (bicyclic) bond motifs is 1. The summed E-state index contributed by atoms with van der Waals surface area (Å²) in [5, 5.41) is 17.2. The van der Waals surface area contributed by atoms with Gasteiger partial charge in [0.2, 0.25) is 5.91 Å². The molecule has 0 aliphatic carbocycles. The van der Waals surface area contributed by atoms with E-state index in [-0.39, 0.29) is 24.0 Å². The number of rotatable bonds is 13. The topological polar surface area (TPSA) is 115 Å². The maximum Gasteiger partial charge on any atom is 0.407 e. The van der Waals surface area contributed by atoms with Gasteiger partial charge in [0, 0.05) is 16.0 Å². The molecule has 4 rings (SSSR count). The van der Waals surface area contributed by atoms with Crippen molar-refractivity contribution in [3.63, 3.8) is 0 Å². The molecule has 9 nitrogen and oxygen atoms in total. The lowest BCUT2D eigenvalue weighted by atomic mass is 9.88. The van der Waals surface area contributed by atoms with Crippen molar-refractivity contribution in [2.75, 3.05) is 13.7 Å². The number of hydrogen-bond acceptors (Lipinski definition) is 7. The van der Waals surface area contributed by atoms with Crippen molar-refractivity contribution in [2.24, 2.45) is 5.92 Å². The molecule has 3 aromatic carbocycles. The molecule has 0 saturated carbocycles. The van der Waals surface area contributed by atoms with Crippen LogP contribution < -0.4 is 20.1 Å². The molecule has 1 aliphatic rings. The van der Waals surface area contributed by atoms with Crippen molar-refractivity contribution in [1.29, 1.82) is 0 Å². The molecule has 3 aromatic rings. The fourth-order valence-corrected chi connectivity index (χ4v) is 7.53. The third-order valence-corrected chi connectivity index (χ3v) is 14.7. The summed E-state index contributed by atoms with van der Waals surface area (Å²) in [5.41, 5.74) is 1.92. The Bertz CT molecular complexity index is 1620. The molecule has 11 heteroatoms. The quantitative estimate of drug-likeness (QED) is 0.150. The number of ether oxygens (including phenoxy) is 3. The Morgan fingerprint density at radius 3 is 2.29 bits per heavy atom. The van der Waals surface area contributed by atoms with Gasteiger partial charge < -0.3 is 34.4 Å². The van der Waals surface area contributed by atoms with Crippen LogP contribution in [0.15, 0.2) is 77.3 Å². The number of methoxy groups -OCH3 is 1. The minimum absolute atomic E-state index is 0.0642. The van der Waals surface area contributed by atoms with Gasteiger partial charge in [-0.2, -0.15) is 0 Å². The Hall–Kier alpha value is -3.38. The van der Waals surface area contributed by atoms with Crippen LogP contribution in [-0.2, 0) is 26.8 Å². The molecule has 1 aliphatic heterocycles.